The van der Waals surface area contributed by atoms with Gasteiger partial charge < -0.3 is 0 Å². The first-order chi connectivity index (χ1) is 7.58. The molecule has 0 saturated carbocycles. The molecule has 0 aliphatic rings. The van der Waals surface area contributed by atoms with Gasteiger partial charge in [-0.15, -0.1) is 0 Å². The molecule has 0 atom stereocenters. The molecule has 0 fully saturated rings. The fourth-order valence-electron chi connectivity index (χ4n) is 1.32. The molecule has 0 saturated heterocycles. The maximum absolute atomic E-state index is 6.03. The Morgan fingerprint density at radius 1 is 1.06 bits per heavy atom. The summed E-state index contributed by atoms with van der Waals surface area (Å²) in [6.07, 6.45) is 1.76. The Balaban J connectivity index is 2.52. The molecule has 0 aliphatic heterocycles. The van der Waals surface area contributed by atoms with Gasteiger partial charge in [-0.25, -0.2) is 9.97 Å². The van der Waals surface area contributed by atoms with Crippen LogP contribution in [0.2, 0.25) is 5.15 Å². The van der Waals surface area contributed by atoms with Crippen molar-refractivity contribution in [3.63, 3.8) is 0 Å². The van der Waals surface area contributed by atoms with Crippen molar-refractivity contribution >= 4 is 11.6 Å². The molecular formula is C12H12ClN3. The van der Waals surface area contributed by atoms with E-state index in [0.29, 0.717) is 11.0 Å². The van der Waals surface area contributed by atoms with Crippen LogP contribution in [-0.4, -0.2) is 15.0 Å². The first kappa shape index (κ1) is 11.0. The summed E-state index contributed by atoms with van der Waals surface area (Å²) in [5.41, 5.74) is 3.68. The van der Waals surface area contributed by atoms with Crippen LogP contribution in [0.25, 0.3) is 11.4 Å². The largest absolute Gasteiger partial charge is 0.261 e. The van der Waals surface area contributed by atoms with Crippen molar-refractivity contribution in [2.75, 3.05) is 0 Å². The van der Waals surface area contributed by atoms with Crippen LogP contribution in [0.5, 0.6) is 0 Å². The first-order valence-corrected chi connectivity index (χ1v) is 5.39. The molecule has 0 N–H and O–H groups in total. The minimum Gasteiger partial charge on any atom is -0.261 e. The number of aryl methyl sites for hydroxylation is 2. The van der Waals surface area contributed by atoms with Crippen LogP contribution in [0.1, 0.15) is 17.0 Å². The summed E-state index contributed by atoms with van der Waals surface area (Å²) in [4.78, 5) is 12.9. The van der Waals surface area contributed by atoms with Crippen molar-refractivity contribution in [3.05, 3.63) is 40.4 Å². The van der Waals surface area contributed by atoms with E-state index in [2.05, 4.69) is 15.0 Å². The highest BCUT2D eigenvalue weighted by Gasteiger charge is 2.07. The van der Waals surface area contributed by atoms with Crippen LogP contribution < -0.4 is 0 Å². The van der Waals surface area contributed by atoms with Crippen LogP contribution in [0.4, 0.5) is 0 Å². The second-order valence-electron chi connectivity index (χ2n) is 3.74. The van der Waals surface area contributed by atoms with E-state index in [9.17, 15) is 0 Å². The predicted molar refractivity (Wildman–Crippen MR) is 64.5 cm³/mol. The normalized spacial score (nSPS) is 10.5. The second-order valence-corrected chi connectivity index (χ2v) is 4.09. The lowest BCUT2D eigenvalue weighted by atomic mass is 10.2. The van der Waals surface area contributed by atoms with E-state index in [1.807, 2.05) is 32.9 Å². The fraction of sp³-hybridized carbons (Fsp3) is 0.250. The molecule has 0 unspecified atom stereocenters. The number of rotatable bonds is 1. The van der Waals surface area contributed by atoms with Gasteiger partial charge in [-0.3, -0.25) is 4.98 Å². The van der Waals surface area contributed by atoms with E-state index in [1.165, 1.54) is 0 Å². The van der Waals surface area contributed by atoms with Gasteiger partial charge in [0.25, 0.3) is 0 Å². The molecule has 3 nitrogen and oxygen atoms in total. The highest BCUT2D eigenvalue weighted by atomic mass is 35.5. The maximum atomic E-state index is 6.03. The zero-order valence-corrected chi connectivity index (χ0v) is 10.2. The Kier molecular flexibility index (Phi) is 2.88. The number of hydrogen-bond acceptors (Lipinski definition) is 3. The first-order valence-electron chi connectivity index (χ1n) is 5.01. The molecule has 0 aromatic carbocycles. The minimum atomic E-state index is 0.503. The molecular weight excluding hydrogens is 222 g/mol. The Hall–Kier alpha value is -1.48. The van der Waals surface area contributed by atoms with Gasteiger partial charge in [0.2, 0.25) is 0 Å². The topological polar surface area (TPSA) is 38.7 Å². The van der Waals surface area contributed by atoms with Gasteiger partial charge in [0.1, 0.15) is 5.15 Å². The average molecular weight is 234 g/mol. The summed E-state index contributed by atoms with van der Waals surface area (Å²) >= 11 is 6.03. The highest BCUT2D eigenvalue weighted by molar-refractivity contribution is 6.30. The minimum absolute atomic E-state index is 0.503. The fourth-order valence-corrected chi connectivity index (χ4v) is 1.54. The quantitative estimate of drug-likeness (QED) is 0.711. The Bertz CT molecular complexity index is 497. The standard InChI is InChI=1S/C12H12ClN3/c1-7-4-5-10(6-14-7)12-15-9(3)8(2)11(13)16-12/h4-6H,1-3H3. The molecule has 82 valence electrons. The molecule has 2 heterocycles. The predicted octanol–water partition coefficient (Wildman–Crippen LogP) is 3.12. The number of hydrogen-bond donors (Lipinski definition) is 0. The lowest BCUT2D eigenvalue weighted by molar-refractivity contribution is 1.06. The van der Waals surface area contributed by atoms with Crippen molar-refractivity contribution in [2.45, 2.75) is 20.8 Å². The SMILES string of the molecule is Cc1ccc(-c2nc(C)c(C)c(Cl)n2)cn1. The number of aromatic nitrogens is 3. The zero-order chi connectivity index (χ0) is 11.7. The summed E-state index contributed by atoms with van der Waals surface area (Å²) in [6, 6.07) is 3.88. The third kappa shape index (κ3) is 2.04. The third-order valence-electron chi connectivity index (χ3n) is 2.50. The van der Waals surface area contributed by atoms with Crippen molar-refractivity contribution in [1.29, 1.82) is 0 Å². The van der Waals surface area contributed by atoms with Gasteiger partial charge in [-0.2, -0.15) is 0 Å². The van der Waals surface area contributed by atoms with Crippen molar-refractivity contribution < 1.29 is 0 Å². The van der Waals surface area contributed by atoms with E-state index < -0.39 is 0 Å². The monoisotopic (exact) mass is 233 g/mol. The van der Waals surface area contributed by atoms with Crippen LogP contribution >= 0.6 is 11.6 Å². The lowest BCUT2D eigenvalue weighted by Gasteiger charge is -2.05. The lowest BCUT2D eigenvalue weighted by Crippen LogP contribution is -1.97. The number of pyridine rings is 1. The van der Waals surface area contributed by atoms with Gasteiger partial charge in [0.15, 0.2) is 5.82 Å². The Morgan fingerprint density at radius 3 is 2.38 bits per heavy atom. The molecule has 2 rings (SSSR count). The van der Waals surface area contributed by atoms with E-state index in [-0.39, 0.29) is 0 Å². The van der Waals surface area contributed by atoms with E-state index in [1.54, 1.807) is 6.20 Å². The van der Waals surface area contributed by atoms with Gasteiger partial charge in [-0.1, -0.05) is 11.6 Å². The molecule has 4 heteroatoms. The number of nitrogens with zero attached hydrogens (tertiary/aromatic N) is 3. The van der Waals surface area contributed by atoms with Crippen LogP contribution in [0.3, 0.4) is 0 Å². The molecule has 2 aromatic rings. The van der Waals surface area contributed by atoms with Gasteiger partial charge >= 0.3 is 0 Å². The van der Waals surface area contributed by atoms with Gasteiger partial charge in [0, 0.05) is 28.7 Å². The summed E-state index contributed by atoms with van der Waals surface area (Å²) < 4.78 is 0. The van der Waals surface area contributed by atoms with Gasteiger partial charge in [-0.05, 0) is 32.9 Å². The second kappa shape index (κ2) is 4.18. The number of halogens is 1. The molecule has 0 bridgehead atoms. The van der Waals surface area contributed by atoms with Crippen molar-refractivity contribution in [2.24, 2.45) is 0 Å². The molecule has 0 spiro atoms. The van der Waals surface area contributed by atoms with Crippen LogP contribution in [0, 0.1) is 20.8 Å². The van der Waals surface area contributed by atoms with Crippen LogP contribution in [0.15, 0.2) is 18.3 Å². The molecule has 2 aromatic heterocycles. The Labute approximate surface area is 99.5 Å². The third-order valence-corrected chi connectivity index (χ3v) is 2.87. The highest BCUT2D eigenvalue weighted by Crippen LogP contribution is 2.20. The van der Waals surface area contributed by atoms with Crippen molar-refractivity contribution in [3.8, 4) is 11.4 Å². The maximum Gasteiger partial charge on any atom is 0.162 e. The smallest absolute Gasteiger partial charge is 0.162 e. The molecule has 0 aliphatic carbocycles. The van der Waals surface area contributed by atoms with Crippen molar-refractivity contribution in [1.82, 2.24) is 15.0 Å². The Morgan fingerprint density at radius 2 is 1.81 bits per heavy atom. The molecule has 0 radical (unpaired) electrons. The van der Waals surface area contributed by atoms with Crippen LogP contribution in [-0.2, 0) is 0 Å². The van der Waals surface area contributed by atoms with Gasteiger partial charge in [0.05, 0.1) is 0 Å². The summed E-state index contributed by atoms with van der Waals surface area (Å²) in [5.74, 6) is 0.626. The zero-order valence-electron chi connectivity index (χ0n) is 9.45. The summed E-state index contributed by atoms with van der Waals surface area (Å²) in [6.45, 7) is 5.78. The molecule has 0 amide bonds. The van der Waals surface area contributed by atoms with E-state index in [0.717, 1.165) is 22.5 Å². The van der Waals surface area contributed by atoms with E-state index in [4.69, 9.17) is 11.6 Å². The average Bonchev–Trinajstić information content (AvgIpc) is 2.26. The summed E-state index contributed by atoms with van der Waals surface area (Å²) in [7, 11) is 0. The summed E-state index contributed by atoms with van der Waals surface area (Å²) in [5, 5.41) is 0.503. The molecule has 16 heavy (non-hydrogen) atoms. The van der Waals surface area contributed by atoms with E-state index >= 15 is 0 Å².